The van der Waals surface area contributed by atoms with Gasteiger partial charge in [-0.1, -0.05) is 97.4 Å². The Labute approximate surface area is 197 Å². The van der Waals surface area contributed by atoms with Crippen LogP contribution in [0.15, 0.2) is 84.9 Å². The lowest BCUT2D eigenvalue weighted by atomic mass is 10.0. The van der Waals surface area contributed by atoms with Crippen LogP contribution in [0.2, 0.25) is 0 Å². The summed E-state index contributed by atoms with van der Waals surface area (Å²) >= 11 is 0. The van der Waals surface area contributed by atoms with E-state index in [4.69, 9.17) is 0 Å². The van der Waals surface area contributed by atoms with Gasteiger partial charge in [0.15, 0.2) is 0 Å². The summed E-state index contributed by atoms with van der Waals surface area (Å²) in [5.41, 5.74) is 4.15. The third-order valence-corrected chi connectivity index (χ3v) is 5.94. The number of nitrogens with one attached hydrogen (secondary N) is 1. The summed E-state index contributed by atoms with van der Waals surface area (Å²) in [7, 11) is 0. The molecule has 172 valence electrons. The van der Waals surface area contributed by atoms with Crippen LogP contribution in [0.5, 0.6) is 0 Å². The van der Waals surface area contributed by atoms with Crippen molar-refractivity contribution in [2.45, 2.75) is 58.7 Å². The van der Waals surface area contributed by atoms with Crippen molar-refractivity contribution in [3.05, 3.63) is 107 Å². The fraction of sp³-hybridized carbons (Fsp3) is 0.310. The first-order valence-electron chi connectivity index (χ1n) is 11.7. The fourth-order valence-electron chi connectivity index (χ4n) is 3.76. The molecule has 0 saturated carbocycles. The second-order valence-corrected chi connectivity index (χ2v) is 8.69. The van der Waals surface area contributed by atoms with Gasteiger partial charge in [-0.05, 0) is 37.0 Å². The van der Waals surface area contributed by atoms with Crippen molar-refractivity contribution in [3.63, 3.8) is 0 Å². The van der Waals surface area contributed by atoms with Crippen LogP contribution >= 0.6 is 0 Å². The number of benzene rings is 3. The molecule has 3 rings (SSSR count). The average molecular weight is 443 g/mol. The van der Waals surface area contributed by atoms with Gasteiger partial charge in [-0.3, -0.25) is 9.59 Å². The normalized spacial score (nSPS) is 12.6. The van der Waals surface area contributed by atoms with Gasteiger partial charge < -0.3 is 10.2 Å². The van der Waals surface area contributed by atoms with Gasteiger partial charge >= 0.3 is 0 Å². The molecule has 2 atom stereocenters. The Kier molecular flexibility index (Phi) is 8.82. The minimum atomic E-state index is -0.598. The van der Waals surface area contributed by atoms with Crippen LogP contribution in [0.25, 0.3) is 0 Å². The van der Waals surface area contributed by atoms with Crippen molar-refractivity contribution in [1.29, 1.82) is 0 Å². The summed E-state index contributed by atoms with van der Waals surface area (Å²) in [6.07, 6.45) is 1.56. The first-order valence-corrected chi connectivity index (χ1v) is 11.7. The van der Waals surface area contributed by atoms with Crippen LogP contribution in [-0.2, 0) is 29.0 Å². The van der Waals surface area contributed by atoms with Gasteiger partial charge in [0.2, 0.25) is 11.8 Å². The molecule has 0 fully saturated rings. The molecule has 3 aromatic rings. The standard InChI is InChI=1S/C29H34N2O2/c1-4-23(3)30-29(33)27(19-24-11-7-5-8-12-24)31(21-26-17-15-22(2)16-18-26)28(32)20-25-13-9-6-10-14-25/h5-18,23,27H,4,19-21H2,1-3H3,(H,30,33). The predicted molar refractivity (Wildman–Crippen MR) is 134 cm³/mol. The average Bonchev–Trinajstić information content (AvgIpc) is 2.83. The van der Waals surface area contributed by atoms with Gasteiger partial charge in [-0.2, -0.15) is 0 Å². The third kappa shape index (κ3) is 7.31. The van der Waals surface area contributed by atoms with E-state index in [9.17, 15) is 9.59 Å². The minimum absolute atomic E-state index is 0.0428. The molecule has 0 aliphatic heterocycles. The summed E-state index contributed by atoms with van der Waals surface area (Å²) in [5.74, 6) is -0.163. The molecule has 0 heterocycles. The molecule has 0 saturated heterocycles. The number of rotatable bonds is 10. The van der Waals surface area contributed by atoms with Crippen LogP contribution in [0.1, 0.15) is 42.5 Å². The molecule has 2 unspecified atom stereocenters. The van der Waals surface area contributed by atoms with Gasteiger partial charge in [0.1, 0.15) is 6.04 Å². The van der Waals surface area contributed by atoms with E-state index in [2.05, 4.69) is 5.32 Å². The quantitative estimate of drug-likeness (QED) is 0.475. The first-order chi connectivity index (χ1) is 16.0. The van der Waals surface area contributed by atoms with E-state index in [1.807, 2.05) is 106 Å². The molecule has 0 aliphatic carbocycles. The van der Waals surface area contributed by atoms with Crippen molar-refractivity contribution < 1.29 is 9.59 Å². The molecule has 0 aliphatic rings. The largest absolute Gasteiger partial charge is 0.352 e. The Morgan fingerprint density at radius 2 is 1.39 bits per heavy atom. The molecule has 2 amide bonds. The Balaban J connectivity index is 1.95. The molecular formula is C29H34N2O2. The molecule has 0 radical (unpaired) electrons. The van der Waals surface area contributed by atoms with Crippen molar-refractivity contribution in [1.82, 2.24) is 10.2 Å². The zero-order valence-electron chi connectivity index (χ0n) is 19.8. The van der Waals surface area contributed by atoms with Crippen molar-refractivity contribution in [2.75, 3.05) is 0 Å². The highest BCUT2D eigenvalue weighted by Gasteiger charge is 2.30. The monoisotopic (exact) mass is 442 g/mol. The zero-order chi connectivity index (χ0) is 23.6. The lowest BCUT2D eigenvalue weighted by Gasteiger charge is -2.32. The summed E-state index contributed by atoms with van der Waals surface area (Å²) in [5, 5.41) is 3.11. The van der Waals surface area contributed by atoms with E-state index in [1.54, 1.807) is 4.90 Å². The van der Waals surface area contributed by atoms with Crippen molar-refractivity contribution >= 4 is 11.8 Å². The number of hydrogen-bond donors (Lipinski definition) is 1. The molecular weight excluding hydrogens is 408 g/mol. The van der Waals surface area contributed by atoms with Gasteiger partial charge in [0.25, 0.3) is 0 Å². The van der Waals surface area contributed by atoms with Gasteiger partial charge in [0, 0.05) is 19.0 Å². The Hall–Kier alpha value is -3.40. The first kappa shape index (κ1) is 24.2. The Bertz CT molecular complexity index is 1020. The number of amides is 2. The van der Waals surface area contributed by atoms with Gasteiger partial charge in [-0.25, -0.2) is 0 Å². The maximum Gasteiger partial charge on any atom is 0.243 e. The third-order valence-electron chi connectivity index (χ3n) is 5.94. The minimum Gasteiger partial charge on any atom is -0.352 e. The number of carbonyl (C=O) groups is 2. The summed E-state index contributed by atoms with van der Waals surface area (Å²) < 4.78 is 0. The van der Waals surface area contributed by atoms with Crippen LogP contribution in [0, 0.1) is 6.92 Å². The molecule has 4 nitrogen and oxygen atoms in total. The molecule has 0 bridgehead atoms. The molecule has 4 heteroatoms. The molecule has 0 spiro atoms. The second kappa shape index (κ2) is 12.0. The van der Waals surface area contributed by atoms with Crippen LogP contribution in [-0.4, -0.2) is 28.8 Å². The lowest BCUT2D eigenvalue weighted by Crippen LogP contribution is -2.52. The van der Waals surface area contributed by atoms with Crippen LogP contribution in [0.4, 0.5) is 0 Å². The SMILES string of the molecule is CCC(C)NC(=O)C(Cc1ccccc1)N(Cc1ccc(C)cc1)C(=O)Cc1ccccc1. The van der Waals surface area contributed by atoms with E-state index >= 15 is 0 Å². The van der Waals surface area contributed by atoms with E-state index in [0.717, 1.165) is 28.7 Å². The maximum absolute atomic E-state index is 13.6. The van der Waals surface area contributed by atoms with Crippen LogP contribution in [0.3, 0.4) is 0 Å². The number of hydrogen-bond acceptors (Lipinski definition) is 2. The van der Waals surface area contributed by atoms with E-state index < -0.39 is 6.04 Å². The summed E-state index contributed by atoms with van der Waals surface area (Å²) in [6, 6.07) is 27.2. The van der Waals surface area contributed by atoms with E-state index in [0.29, 0.717) is 13.0 Å². The van der Waals surface area contributed by atoms with Gasteiger partial charge in [-0.15, -0.1) is 0 Å². The van der Waals surface area contributed by atoms with Crippen molar-refractivity contribution in [3.8, 4) is 0 Å². The zero-order valence-corrected chi connectivity index (χ0v) is 19.8. The Morgan fingerprint density at radius 3 is 1.97 bits per heavy atom. The van der Waals surface area contributed by atoms with E-state index in [-0.39, 0.29) is 24.3 Å². The smallest absolute Gasteiger partial charge is 0.243 e. The topological polar surface area (TPSA) is 49.4 Å². The highest BCUT2D eigenvalue weighted by Crippen LogP contribution is 2.17. The highest BCUT2D eigenvalue weighted by atomic mass is 16.2. The summed E-state index contributed by atoms with van der Waals surface area (Å²) in [4.78, 5) is 28.8. The second-order valence-electron chi connectivity index (χ2n) is 8.69. The highest BCUT2D eigenvalue weighted by molar-refractivity contribution is 5.89. The predicted octanol–water partition coefficient (Wildman–Crippen LogP) is 5.09. The lowest BCUT2D eigenvalue weighted by molar-refractivity contribution is -0.141. The van der Waals surface area contributed by atoms with Crippen molar-refractivity contribution in [2.24, 2.45) is 0 Å². The molecule has 1 N–H and O–H groups in total. The number of nitrogens with zero attached hydrogens (tertiary/aromatic N) is 1. The van der Waals surface area contributed by atoms with Gasteiger partial charge in [0.05, 0.1) is 6.42 Å². The number of carbonyl (C=O) groups excluding carboxylic acids is 2. The summed E-state index contributed by atoms with van der Waals surface area (Å²) in [6.45, 7) is 6.46. The van der Waals surface area contributed by atoms with E-state index in [1.165, 1.54) is 0 Å². The maximum atomic E-state index is 13.6. The fourth-order valence-corrected chi connectivity index (χ4v) is 3.76. The van der Waals surface area contributed by atoms with Crippen LogP contribution < -0.4 is 5.32 Å². The molecule has 3 aromatic carbocycles. The number of aryl methyl sites for hydroxylation is 1. The molecule has 0 aromatic heterocycles. The molecule has 33 heavy (non-hydrogen) atoms. The Morgan fingerprint density at radius 1 is 0.818 bits per heavy atom.